The largest absolute Gasteiger partial charge is 0.352 e. The van der Waals surface area contributed by atoms with Gasteiger partial charge in [-0.3, -0.25) is 9.59 Å². The Hall–Kier alpha value is -1.84. The topological polar surface area (TPSA) is 49.4 Å². The molecule has 4 nitrogen and oxygen atoms in total. The van der Waals surface area contributed by atoms with Crippen molar-refractivity contribution in [1.82, 2.24) is 5.32 Å². The van der Waals surface area contributed by atoms with E-state index < -0.39 is 0 Å². The van der Waals surface area contributed by atoms with E-state index in [0.717, 1.165) is 17.7 Å². The summed E-state index contributed by atoms with van der Waals surface area (Å²) in [5.41, 5.74) is 3.04. The first kappa shape index (κ1) is 16.2. The van der Waals surface area contributed by atoms with E-state index in [0.29, 0.717) is 0 Å². The van der Waals surface area contributed by atoms with E-state index in [9.17, 15) is 9.59 Å². The molecule has 0 fully saturated rings. The number of carbonyl (C=O) groups is 2. The second-order valence-corrected chi connectivity index (χ2v) is 5.25. The molecule has 1 aromatic carbocycles. The van der Waals surface area contributed by atoms with Crippen molar-refractivity contribution in [2.24, 2.45) is 0 Å². The van der Waals surface area contributed by atoms with E-state index in [4.69, 9.17) is 0 Å². The molecule has 110 valence electrons. The molecule has 0 aliphatic carbocycles. The van der Waals surface area contributed by atoms with Crippen LogP contribution >= 0.6 is 0 Å². The van der Waals surface area contributed by atoms with E-state index in [2.05, 4.69) is 5.32 Å². The first-order valence-corrected chi connectivity index (χ1v) is 6.99. The molecule has 20 heavy (non-hydrogen) atoms. The van der Waals surface area contributed by atoms with Gasteiger partial charge in [0.05, 0.1) is 0 Å². The van der Waals surface area contributed by atoms with Gasteiger partial charge in [0.25, 0.3) is 0 Å². The second kappa shape index (κ2) is 7.08. The van der Waals surface area contributed by atoms with Crippen LogP contribution in [0.15, 0.2) is 18.2 Å². The lowest BCUT2D eigenvalue weighted by atomic mass is 10.1. The van der Waals surface area contributed by atoms with Gasteiger partial charge in [0.2, 0.25) is 11.8 Å². The Balaban J connectivity index is 2.86. The Morgan fingerprint density at radius 3 is 2.40 bits per heavy atom. The molecule has 0 bridgehead atoms. The van der Waals surface area contributed by atoms with Crippen LogP contribution in [0, 0.1) is 13.8 Å². The zero-order valence-corrected chi connectivity index (χ0v) is 13.0. The first-order valence-electron chi connectivity index (χ1n) is 6.99. The monoisotopic (exact) mass is 276 g/mol. The molecule has 0 spiro atoms. The highest BCUT2D eigenvalue weighted by Crippen LogP contribution is 2.18. The van der Waals surface area contributed by atoms with Crippen molar-refractivity contribution in [3.8, 4) is 0 Å². The minimum Gasteiger partial charge on any atom is -0.352 e. The number of anilines is 1. The van der Waals surface area contributed by atoms with Crippen LogP contribution in [0.25, 0.3) is 0 Å². The quantitative estimate of drug-likeness (QED) is 0.898. The van der Waals surface area contributed by atoms with Gasteiger partial charge in [-0.1, -0.05) is 13.0 Å². The average Bonchev–Trinajstić information content (AvgIpc) is 2.38. The number of aryl methyl sites for hydroxylation is 2. The van der Waals surface area contributed by atoms with Crippen LogP contribution in [0.5, 0.6) is 0 Å². The summed E-state index contributed by atoms with van der Waals surface area (Å²) in [5, 5.41) is 2.88. The lowest BCUT2D eigenvalue weighted by molar-refractivity contribution is -0.123. The fraction of sp³-hybridized carbons (Fsp3) is 0.500. The number of nitrogens with zero attached hydrogens (tertiary/aromatic N) is 1. The summed E-state index contributed by atoms with van der Waals surface area (Å²) in [6.07, 6.45) is 0.870. The molecule has 2 amide bonds. The first-order chi connectivity index (χ1) is 9.35. The molecule has 0 heterocycles. The van der Waals surface area contributed by atoms with E-state index >= 15 is 0 Å². The summed E-state index contributed by atoms with van der Waals surface area (Å²) in [5.74, 6) is -0.264. The number of hydrogen-bond acceptors (Lipinski definition) is 2. The minimum atomic E-state index is -0.132. The van der Waals surface area contributed by atoms with Crippen LogP contribution in [-0.4, -0.2) is 24.4 Å². The number of benzene rings is 1. The third-order valence-electron chi connectivity index (χ3n) is 3.50. The maximum atomic E-state index is 11.9. The van der Waals surface area contributed by atoms with Crippen molar-refractivity contribution in [2.75, 3.05) is 11.4 Å². The van der Waals surface area contributed by atoms with E-state index in [1.165, 1.54) is 17.4 Å². The fourth-order valence-corrected chi connectivity index (χ4v) is 1.84. The van der Waals surface area contributed by atoms with E-state index in [1.807, 2.05) is 45.9 Å². The summed E-state index contributed by atoms with van der Waals surface area (Å²) >= 11 is 0. The number of rotatable bonds is 5. The third-order valence-corrected chi connectivity index (χ3v) is 3.50. The van der Waals surface area contributed by atoms with Crippen molar-refractivity contribution in [1.29, 1.82) is 0 Å². The zero-order valence-electron chi connectivity index (χ0n) is 13.0. The minimum absolute atomic E-state index is 0.0577. The maximum absolute atomic E-state index is 11.9. The summed E-state index contributed by atoms with van der Waals surface area (Å²) in [7, 11) is 0. The van der Waals surface area contributed by atoms with Crippen molar-refractivity contribution in [3.63, 3.8) is 0 Å². The van der Waals surface area contributed by atoms with Crippen LogP contribution in [0.2, 0.25) is 0 Å². The summed E-state index contributed by atoms with van der Waals surface area (Å²) in [6, 6.07) is 5.90. The molecule has 0 aliphatic rings. The summed E-state index contributed by atoms with van der Waals surface area (Å²) in [6.45, 7) is 9.51. The molecule has 0 aromatic heterocycles. The second-order valence-electron chi connectivity index (χ2n) is 5.25. The highest BCUT2D eigenvalue weighted by Gasteiger charge is 2.17. The van der Waals surface area contributed by atoms with Gasteiger partial charge >= 0.3 is 0 Å². The van der Waals surface area contributed by atoms with Crippen molar-refractivity contribution in [2.45, 2.75) is 47.1 Å². The molecule has 0 saturated carbocycles. The molecule has 0 saturated heterocycles. The maximum Gasteiger partial charge on any atom is 0.240 e. The van der Waals surface area contributed by atoms with Crippen LogP contribution < -0.4 is 10.2 Å². The Labute approximate surface area is 121 Å². The van der Waals surface area contributed by atoms with Gasteiger partial charge in [0.1, 0.15) is 6.54 Å². The van der Waals surface area contributed by atoms with E-state index in [1.54, 1.807) is 0 Å². The molecule has 1 N–H and O–H groups in total. The lowest BCUT2D eigenvalue weighted by Gasteiger charge is -2.22. The molecule has 1 unspecified atom stereocenters. The Kier molecular flexibility index (Phi) is 5.74. The summed E-state index contributed by atoms with van der Waals surface area (Å²) in [4.78, 5) is 25.2. The number of hydrogen-bond donors (Lipinski definition) is 1. The lowest BCUT2D eigenvalue weighted by Crippen LogP contribution is -2.42. The molecule has 1 aromatic rings. The van der Waals surface area contributed by atoms with Gasteiger partial charge in [-0.05, 0) is 50.5 Å². The standard InChI is InChI=1S/C16H24N2O2/c1-6-13(4)17-16(20)10-18(14(5)19)15-8-7-11(2)12(3)9-15/h7-9,13H,6,10H2,1-5H3,(H,17,20). The van der Waals surface area contributed by atoms with Gasteiger partial charge < -0.3 is 10.2 Å². The highest BCUT2D eigenvalue weighted by molar-refractivity contribution is 5.97. The molecule has 0 aliphatic heterocycles. The Morgan fingerprint density at radius 1 is 1.25 bits per heavy atom. The number of amides is 2. The SMILES string of the molecule is CCC(C)NC(=O)CN(C(C)=O)c1ccc(C)c(C)c1. The third kappa shape index (κ3) is 4.37. The summed E-state index contributed by atoms with van der Waals surface area (Å²) < 4.78 is 0. The van der Waals surface area contributed by atoms with E-state index in [-0.39, 0.29) is 24.4 Å². The molecular formula is C16H24N2O2. The van der Waals surface area contributed by atoms with Crippen LogP contribution in [0.1, 0.15) is 38.3 Å². The van der Waals surface area contributed by atoms with Crippen LogP contribution in [0.3, 0.4) is 0 Å². The zero-order chi connectivity index (χ0) is 15.3. The van der Waals surface area contributed by atoms with Crippen molar-refractivity contribution >= 4 is 17.5 Å². The molecular weight excluding hydrogens is 252 g/mol. The Bertz CT molecular complexity index is 497. The van der Waals surface area contributed by atoms with Crippen molar-refractivity contribution in [3.05, 3.63) is 29.3 Å². The smallest absolute Gasteiger partial charge is 0.240 e. The predicted molar refractivity (Wildman–Crippen MR) is 81.8 cm³/mol. The molecule has 0 radical (unpaired) electrons. The Morgan fingerprint density at radius 2 is 1.90 bits per heavy atom. The van der Waals surface area contributed by atoms with Crippen LogP contribution in [-0.2, 0) is 9.59 Å². The average molecular weight is 276 g/mol. The molecule has 1 rings (SSSR count). The van der Waals surface area contributed by atoms with Gasteiger partial charge in [-0.25, -0.2) is 0 Å². The fourth-order valence-electron chi connectivity index (χ4n) is 1.84. The molecule has 4 heteroatoms. The normalized spacial score (nSPS) is 11.8. The highest BCUT2D eigenvalue weighted by atomic mass is 16.2. The van der Waals surface area contributed by atoms with Gasteiger partial charge in [-0.2, -0.15) is 0 Å². The predicted octanol–water partition coefficient (Wildman–Crippen LogP) is 2.57. The van der Waals surface area contributed by atoms with Gasteiger partial charge in [0, 0.05) is 18.7 Å². The van der Waals surface area contributed by atoms with Gasteiger partial charge in [0.15, 0.2) is 0 Å². The van der Waals surface area contributed by atoms with Crippen molar-refractivity contribution < 1.29 is 9.59 Å². The number of nitrogens with one attached hydrogen (secondary N) is 1. The molecule has 1 atom stereocenters. The van der Waals surface area contributed by atoms with Crippen LogP contribution in [0.4, 0.5) is 5.69 Å². The van der Waals surface area contributed by atoms with Gasteiger partial charge in [-0.15, -0.1) is 0 Å². The number of carbonyl (C=O) groups excluding carboxylic acids is 2.